The molecule has 0 radical (unpaired) electrons. The quantitative estimate of drug-likeness (QED) is 0.485. The van der Waals surface area contributed by atoms with E-state index in [-0.39, 0.29) is 5.91 Å². The first-order valence-electron chi connectivity index (χ1n) is 8.93. The maximum Gasteiger partial charge on any atom is 0.234 e. The summed E-state index contributed by atoms with van der Waals surface area (Å²) in [4.78, 5) is 16.9. The highest BCUT2D eigenvalue weighted by molar-refractivity contribution is 8.01. The molecule has 1 amide bonds. The second-order valence-corrected chi connectivity index (χ2v) is 8.80. The average Bonchev–Trinajstić information content (AvgIpc) is 3.28. The van der Waals surface area contributed by atoms with Crippen LogP contribution in [-0.2, 0) is 4.79 Å². The molecule has 0 saturated heterocycles. The minimum Gasteiger partial charge on any atom is -0.325 e. The molecule has 7 nitrogen and oxygen atoms in total. The maximum atomic E-state index is 12.4. The van der Waals surface area contributed by atoms with Crippen LogP contribution in [0.5, 0.6) is 0 Å². The molecule has 1 fully saturated rings. The van der Waals surface area contributed by atoms with Gasteiger partial charge >= 0.3 is 0 Å². The summed E-state index contributed by atoms with van der Waals surface area (Å²) < 4.78 is 3.89. The molecule has 140 valence electrons. The van der Waals surface area contributed by atoms with E-state index in [4.69, 9.17) is 0 Å². The van der Waals surface area contributed by atoms with Gasteiger partial charge in [-0.1, -0.05) is 36.0 Å². The fraction of sp³-hybridized carbons (Fsp3) is 0.211. The molecule has 1 aliphatic rings. The zero-order chi connectivity index (χ0) is 18.9. The van der Waals surface area contributed by atoms with Gasteiger partial charge in [-0.2, -0.15) is 0 Å². The van der Waals surface area contributed by atoms with E-state index in [1.54, 1.807) is 11.3 Å². The van der Waals surface area contributed by atoms with Gasteiger partial charge in [0.15, 0.2) is 10.2 Å². The second kappa shape index (κ2) is 7.33. The lowest BCUT2D eigenvalue weighted by atomic mass is 10.2. The first kappa shape index (κ1) is 17.3. The third kappa shape index (κ3) is 3.63. The van der Waals surface area contributed by atoms with Gasteiger partial charge in [0.2, 0.25) is 5.91 Å². The predicted octanol–water partition coefficient (Wildman–Crippen LogP) is 4.02. The van der Waals surface area contributed by atoms with E-state index in [0.717, 1.165) is 44.5 Å². The number of aromatic nitrogens is 5. The smallest absolute Gasteiger partial charge is 0.234 e. The van der Waals surface area contributed by atoms with Gasteiger partial charge < -0.3 is 5.32 Å². The zero-order valence-corrected chi connectivity index (χ0v) is 16.4. The van der Waals surface area contributed by atoms with Crippen LogP contribution in [-0.4, -0.2) is 36.9 Å². The third-order valence-electron chi connectivity index (χ3n) is 4.39. The van der Waals surface area contributed by atoms with E-state index >= 15 is 0 Å². The molecular formula is C19H16N6OS2. The summed E-state index contributed by atoms with van der Waals surface area (Å²) in [5.74, 6) is 0.981. The van der Waals surface area contributed by atoms with Crippen LogP contribution < -0.4 is 5.32 Å². The number of carbonyl (C=O) groups is 1. The molecule has 5 rings (SSSR count). The number of thiazole rings is 1. The second-order valence-electron chi connectivity index (χ2n) is 6.54. The fourth-order valence-electron chi connectivity index (χ4n) is 2.92. The van der Waals surface area contributed by atoms with Gasteiger partial charge in [-0.15, -0.1) is 16.4 Å². The Morgan fingerprint density at radius 2 is 2.11 bits per heavy atom. The number of carbonyl (C=O) groups excluding carboxylic acids is 1. The number of nitrogens with zero attached hydrogens (tertiary/aromatic N) is 5. The Kier molecular flexibility index (Phi) is 4.53. The molecular weight excluding hydrogens is 392 g/mol. The van der Waals surface area contributed by atoms with Crippen LogP contribution in [0.25, 0.3) is 21.6 Å². The van der Waals surface area contributed by atoms with Crippen LogP contribution in [0.1, 0.15) is 18.9 Å². The van der Waals surface area contributed by atoms with Crippen LogP contribution in [0.4, 0.5) is 5.69 Å². The summed E-state index contributed by atoms with van der Waals surface area (Å²) in [5, 5.41) is 15.0. The number of hydrogen-bond acceptors (Lipinski definition) is 7. The van der Waals surface area contributed by atoms with E-state index in [1.807, 2.05) is 53.2 Å². The van der Waals surface area contributed by atoms with Crippen LogP contribution in [0, 0.1) is 0 Å². The number of thioether (sulfide) groups is 1. The van der Waals surface area contributed by atoms with Crippen LogP contribution >= 0.6 is 23.1 Å². The lowest BCUT2D eigenvalue weighted by molar-refractivity contribution is -0.113. The van der Waals surface area contributed by atoms with E-state index in [0.29, 0.717) is 11.8 Å². The highest BCUT2D eigenvalue weighted by Gasteiger charge is 2.28. The first-order valence-corrected chi connectivity index (χ1v) is 10.7. The maximum absolute atomic E-state index is 12.4. The molecule has 1 aliphatic carbocycles. The molecule has 1 saturated carbocycles. The Bertz CT molecular complexity index is 1120. The summed E-state index contributed by atoms with van der Waals surface area (Å²) in [6.07, 6.45) is 2.22. The minimum atomic E-state index is -0.0665. The number of benzene rings is 2. The Labute approximate surface area is 169 Å². The summed E-state index contributed by atoms with van der Waals surface area (Å²) >= 11 is 3.05. The van der Waals surface area contributed by atoms with Crippen molar-refractivity contribution in [2.75, 3.05) is 11.1 Å². The molecule has 28 heavy (non-hydrogen) atoms. The van der Waals surface area contributed by atoms with Crippen molar-refractivity contribution >= 4 is 44.9 Å². The summed E-state index contributed by atoms with van der Waals surface area (Å²) in [6.45, 7) is 0. The summed E-state index contributed by atoms with van der Waals surface area (Å²) in [7, 11) is 0. The van der Waals surface area contributed by atoms with Gasteiger partial charge in [0, 0.05) is 11.3 Å². The topological polar surface area (TPSA) is 85.6 Å². The monoisotopic (exact) mass is 408 g/mol. The Morgan fingerprint density at radius 1 is 1.21 bits per heavy atom. The van der Waals surface area contributed by atoms with Crippen LogP contribution in [0.2, 0.25) is 0 Å². The summed E-state index contributed by atoms with van der Waals surface area (Å²) in [6, 6.07) is 16.0. The Hall–Kier alpha value is -2.78. The highest BCUT2D eigenvalue weighted by Crippen LogP contribution is 2.37. The third-order valence-corrected chi connectivity index (χ3v) is 6.57. The first-order chi connectivity index (χ1) is 13.8. The summed E-state index contributed by atoms with van der Waals surface area (Å²) in [5.41, 5.74) is 2.60. The molecule has 2 aromatic carbocycles. The number of fused-ring (bicyclic) bond motifs is 1. The largest absolute Gasteiger partial charge is 0.325 e. The van der Waals surface area contributed by atoms with Gasteiger partial charge in [0.25, 0.3) is 0 Å². The lowest BCUT2D eigenvalue weighted by Gasteiger charge is -2.07. The molecule has 0 bridgehead atoms. The SMILES string of the molecule is O=C(CSc1nc2ccccc2s1)Nc1cccc(-c2nnnn2C2CC2)c1. The number of hydrogen-bond donors (Lipinski definition) is 1. The zero-order valence-electron chi connectivity index (χ0n) is 14.8. The number of anilines is 1. The van der Waals surface area contributed by atoms with Crippen molar-refractivity contribution in [1.82, 2.24) is 25.2 Å². The van der Waals surface area contributed by atoms with Gasteiger partial charge in [-0.25, -0.2) is 9.67 Å². The van der Waals surface area contributed by atoms with Crippen molar-refractivity contribution < 1.29 is 4.79 Å². The van der Waals surface area contributed by atoms with Crippen molar-refractivity contribution in [2.24, 2.45) is 0 Å². The van der Waals surface area contributed by atoms with Crippen LogP contribution in [0.3, 0.4) is 0 Å². The molecule has 0 atom stereocenters. The van der Waals surface area contributed by atoms with Gasteiger partial charge in [-0.05, 0) is 47.5 Å². The Balaban J connectivity index is 1.25. The molecule has 0 unspecified atom stereocenters. The number of tetrazole rings is 1. The molecule has 0 spiro atoms. The van der Waals surface area contributed by atoms with E-state index < -0.39 is 0 Å². The van der Waals surface area contributed by atoms with Crippen molar-refractivity contribution in [3.05, 3.63) is 48.5 Å². The Morgan fingerprint density at radius 3 is 2.96 bits per heavy atom. The molecule has 4 aromatic rings. The highest BCUT2D eigenvalue weighted by atomic mass is 32.2. The number of rotatable bonds is 6. The van der Waals surface area contributed by atoms with Gasteiger partial charge in [0.05, 0.1) is 22.0 Å². The van der Waals surface area contributed by atoms with Crippen molar-refractivity contribution in [2.45, 2.75) is 23.2 Å². The number of nitrogens with one attached hydrogen (secondary N) is 1. The predicted molar refractivity (Wildman–Crippen MR) is 110 cm³/mol. The van der Waals surface area contributed by atoms with Gasteiger partial charge in [0.1, 0.15) is 0 Å². The van der Waals surface area contributed by atoms with Crippen molar-refractivity contribution in [3.8, 4) is 11.4 Å². The van der Waals surface area contributed by atoms with E-state index in [9.17, 15) is 4.79 Å². The normalized spacial score (nSPS) is 13.7. The molecule has 9 heteroatoms. The van der Waals surface area contributed by atoms with E-state index in [2.05, 4.69) is 25.8 Å². The molecule has 2 aromatic heterocycles. The standard InChI is InChI=1S/C19H16N6OS2/c26-17(11-27-19-21-15-6-1-2-7-16(15)28-19)20-13-5-3-4-12(10-13)18-22-23-24-25(18)14-8-9-14/h1-7,10,14H,8-9,11H2,(H,20,26). The molecule has 0 aliphatic heterocycles. The van der Waals surface area contributed by atoms with Crippen molar-refractivity contribution in [3.63, 3.8) is 0 Å². The molecule has 1 N–H and O–H groups in total. The van der Waals surface area contributed by atoms with Crippen molar-refractivity contribution in [1.29, 1.82) is 0 Å². The lowest BCUT2D eigenvalue weighted by Crippen LogP contribution is -2.14. The number of para-hydroxylation sites is 1. The van der Waals surface area contributed by atoms with Crippen LogP contribution in [0.15, 0.2) is 52.9 Å². The number of amides is 1. The van der Waals surface area contributed by atoms with E-state index in [1.165, 1.54) is 11.8 Å². The minimum absolute atomic E-state index is 0.0665. The fourth-order valence-corrected chi connectivity index (χ4v) is 4.79. The van der Waals surface area contributed by atoms with Gasteiger partial charge in [-0.3, -0.25) is 4.79 Å². The average molecular weight is 409 g/mol. The molecule has 2 heterocycles.